The monoisotopic (exact) mass is 349 g/mol. The van der Waals surface area contributed by atoms with Gasteiger partial charge in [-0.3, -0.25) is 4.79 Å². The fourth-order valence-electron chi connectivity index (χ4n) is 2.51. The van der Waals surface area contributed by atoms with Gasteiger partial charge in [0.15, 0.2) is 0 Å². The van der Waals surface area contributed by atoms with Gasteiger partial charge in [-0.2, -0.15) is 0 Å². The Hall–Kier alpha value is -2.72. The molecule has 1 amide bonds. The third-order valence-electron chi connectivity index (χ3n) is 3.67. The molecular weight excluding hydrogens is 330 g/mol. The van der Waals surface area contributed by atoms with E-state index >= 15 is 0 Å². The number of hydrogen-bond donors (Lipinski definition) is 1. The normalized spacial score (nSPS) is 10.4. The summed E-state index contributed by atoms with van der Waals surface area (Å²) in [4.78, 5) is 10.9. The molecule has 0 aliphatic rings. The van der Waals surface area contributed by atoms with Crippen molar-refractivity contribution in [2.45, 2.75) is 5.75 Å². The van der Waals surface area contributed by atoms with E-state index in [4.69, 9.17) is 10.5 Å². The highest BCUT2D eigenvalue weighted by Crippen LogP contribution is 2.35. The van der Waals surface area contributed by atoms with Crippen molar-refractivity contribution in [2.75, 3.05) is 5.75 Å². The molecule has 0 aliphatic heterocycles. The van der Waals surface area contributed by atoms with Crippen LogP contribution in [-0.4, -0.2) is 11.7 Å². The molecule has 0 radical (unpaired) electrons. The Morgan fingerprint density at radius 1 is 0.840 bits per heavy atom. The van der Waals surface area contributed by atoms with Crippen LogP contribution < -0.4 is 10.5 Å². The van der Waals surface area contributed by atoms with Crippen molar-refractivity contribution < 1.29 is 9.53 Å². The van der Waals surface area contributed by atoms with E-state index in [1.807, 2.05) is 60.7 Å². The number of primary amides is 1. The predicted molar refractivity (Wildman–Crippen MR) is 104 cm³/mol. The van der Waals surface area contributed by atoms with Crippen LogP contribution in [0.3, 0.4) is 0 Å². The molecule has 0 spiro atoms. The smallest absolute Gasteiger partial charge is 0.227 e. The van der Waals surface area contributed by atoms with E-state index < -0.39 is 0 Å². The van der Waals surface area contributed by atoms with Gasteiger partial charge in [-0.05, 0) is 17.7 Å². The van der Waals surface area contributed by atoms with Crippen LogP contribution in [-0.2, 0) is 10.5 Å². The van der Waals surface area contributed by atoms with Crippen molar-refractivity contribution in [1.29, 1.82) is 0 Å². The third-order valence-corrected chi connectivity index (χ3v) is 4.67. The average molecular weight is 349 g/mol. The fraction of sp³-hybridized carbons (Fsp3) is 0.0952. The van der Waals surface area contributed by atoms with Crippen LogP contribution in [0.15, 0.2) is 78.9 Å². The van der Waals surface area contributed by atoms with Crippen molar-refractivity contribution in [1.82, 2.24) is 0 Å². The summed E-state index contributed by atoms with van der Waals surface area (Å²) in [6, 6.07) is 26.0. The molecule has 0 heterocycles. The van der Waals surface area contributed by atoms with E-state index in [1.165, 1.54) is 11.8 Å². The second-order valence-electron chi connectivity index (χ2n) is 5.53. The second-order valence-corrected chi connectivity index (χ2v) is 6.52. The first kappa shape index (κ1) is 17.1. The van der Waals surface area contributed by atoms with Gasteiger partial charge in [0.05, 0.1) is 5.75 Å². The molecular formula is C21H19NO2S. The largest absolute Gasteiger partial charge is 0.456 e. The van der Waals surface area contributed by atoms with Gasteiger partial charge in [0.1, 0.15) is 11.5 Å². The Morgan fingerprint density at radius 2 is 1.48 bits per heavy atom. The summed E-state index contributed by atoms with van der Waals surface area (Å²) in [6.45, 7) is 0. The van der Waals surface area contributed by atoms with Crippen molar-refractivity contribution in [3.8, 4) is 22.6 Å². The number of benzene rings is 3. The third kappa shape index (κ3) is 4.64. The van der Waals surface area contributed by atoms with E-state index in [-0.39, 0.29) is 5.91 Å². The van der Waals surface area contributed by atoms with E-state index in [0.717, 1.165) is 28.2 Å². The van der Waals surface area contributed by atoms with Crippen LogP contribution in [0.25, 0.3) is 11.1 Å². The van der Waals surface area contributed by atoms with Crippen LogP contribution in [0, 0.1) is 0 Å². The molecule has 3 rings (SSSR count). The van der Waals surface area contributed by atoms with Gasteiger partial charge in [0, 0.05) is 16.9 Å². The van der Waals surface area contributed by atoms with Gasteiger partial charge in [0.2, 0.25) is 5.91 Å². The maximum Gasteiger partial charge on any atom is 0.227 e. The number of carbonyl (C=O) groups excluding carboxylic acids is 1. The van der Waals surface area contributed by atoms with Crippen molar-refractivity contribution in [3.63, 3.8) is 0 Å². The topological polar surface area (TPSA) is 52.3 Å². The average Bonchev–Trinajstić information content (AvgIpc) is 2.64. The first-order chi connectivity index (χ1) is 12.2. The lowest BCUT2D eigenvalue weighted by molar-refractivity contribution is -0.115. The molecule has 0 aliphatic carbocycles. The van der Waals surface area contributed by atoms with Crippen LogP contribution >= 0.6 is 11.8 Å². The molecule has 3 aromatic rings. The van der Waals surface area contributed by atoms with Gasteiger partial charge in [0.25, 0.3) is 0 Å². The summed E-state index contributed by atoms with van der Waals surface area (Å²) in [6.07, 6.45) is 0. The molecule has 0 bridgehead atoms. The van der Waals surface area contributed by atoms with Crippen molar-refractivity contribution >= 4 is 17.7 Å². The number of thioether (sulfide) groups is 1. The number of nitrogens with two attached hydrogens (primary N) is 1. The van der Waals surface area contributed by atoms with Crippen LogP contribution in [0.2, 0.25) is 0 Å². The zero-order valence-corrected chi connectivity index (χ0v) is 14.5. The van der Waals surface area contributed by atoms with Crippen molar-refractivity contribution in [3.05, 3.63) is 84.4 Å². The Labute approximate surface area is 151 Å². The minimum atomic E-state index is -0.308. The zero-order valence-electron chi connectivity index (χ0n) is 13.7. The number of rotatable bonds is 7. The highest BCUT2D eigenvalue weighted by atomic mass is 32.2. The number of para-hydroxylation sites is 2. The molecule has 25 heavy (non-hydrogen) atoms. The SMILES string of the molecule is NC(=O)CSCc1ccccc1Oc1ccccc1-c1ccccc1. The molecule has 3 aromatic carbocycles. The van der Waals surface area contributed by atoms with Crippen LogP contribution in [0.4, 0.5) is 0 Å². The van der Waals surface area contributed by atoms with E-state index in [9.17, 15) is 4.79 Å². The molecule has 0 saturated carbocycles. The first-order valence-electron chi connectivity index (χ1n) is 8.00. The molecule has 0 unspecified atom stereocenters. The maximum atomic E-state index is 10.9. The minimum Gasteiger partial charge on any atom is -0.456 e. The maximum absolute atomic E-state index is 10.9. The summed E-state index contributed by atoms with van der Waals surface area (Å²) in [5.41, 5.74) is 8.40. The number of ether oxygens (including phenoxy) is 1. The molecule has 0 atom stereocenters. The van der Waals surface area contributed by atoms with E-state index in [1.54, 1.807) is 0 Å². The minimum absolute atomic E-state index is 0.301. The van der Waals surface area contributed by atoms with Gasteiger partial charge >= 0.3 is 0 Å². The summed E-state index contributed by atoms with van der Waals surface area (Å²) < 4.78 is 6.22. The standard InChI is InChI=1S/C21H19NO2S/c22-21(23)15-25-14-17-10-4-6-12-19(17)24-20-13-7-5-11-18(20)16-8-2-1-3-9-16/h1-13H,14-15H2,(H2,22,23). The Kier molecular flexibility index (Phi) is 5.75. The van der Waals surface area contributed by atoms with Gasteiger partial charge in [-0.15, -0.1) is 11.8 Å². The molecule has 0 aromatic heterocycles. The summed E-state index contributed by atoms with van der Waals surface area (Å²) in [5, 5.41) is 0. The molecule has 3 nitrogen and oxygen atoms in total. The highest BCUT2D eigenvalue weighted by Gasteiger charge is 2.10. The molecule has 126 valence electrons. The molecule has 0 saturated heterocycles. The fourth-order valence-corrected chi connectivity index (χ4v) is 3.28. The van der Waals surface area contributed by atoms with E-state index in [2.05, 4.69) is 18.2 Å². The lowest BCUT2D eigenvalue weighted by Crippen LogP contribution is -2.13. The second kappa shape index (κ2) is 8.40. The van der Waals surface area contributed by atoms with Gasteiger partial charge in [-0.1, -0.05) is 66.7 Å². The number of amides is 1. The van der Waals surface area contributed by atoms with E-state index in [0.29, 0.717) is 11.5 Å². The Balaban J connectivity index is 1.85. The summed E-state index contributed by atoms with van der Waals surface area (Å²) in [7, 11) is 0. The van der Waals surface area contributed by atoms with Crippen LogP contribution in [0.5, 0.6) is 11.5 Å². The Morgan fingerprint density at radius 3 is 2.24 bits per heavy atom. The molecule has 2 N–H and O–H groups in total. The van der Waals surface area contributed by atoms with Crippen LogP contribution in [0.1, 0.15) is 5.56 Å². The molecule has 0 fully saturated rings. The summed E-state index contributed by atoms with van der Waals surface area (Å²) in [5.74, 6) is 2.27. The molecule has 4 heteroatoms. The summed E-state index contributed by atoms with van der Waals surface area (Å²) >= 11 is 1.49. The zero-order chi connectivity index (χ0) is 17.5. The van der Waals surface area contributed by atoms with Gasteiger partial charge < -0.3 is 10.5 Å². The van der Waals surface area contributed by atoms with Gasteiger partial charge in [-0.25, -0.2) is 0 Å². The Bertz CT molecular complexity index is 849. The first-order valence-corrected chi connectivity index (χ1v) is 9.16. The number of hydrogen-bond acceptors (Lipinski definition) is 3. The highest BCUT2D eigenvalue weighted by molar-refractivity contribution is 7.99. The number of carbonyl (C=O) groups is 1. The quantitative estimate of drug-likeness (QED) is 0.662. The lowest BCUT2D eigenvalue weighted by Gasteiger charge is -2.14. The van der Waals surface area contributed by atoms with Crippen molar-refractivity contribution in [2.24, 2.45) is 5.73 Å². The lowest BCUT2D eigenvalue weighted by atomic mass is 10.0. The predicted octanol–water partition coefficient (Wildman–Crippen LogP) is 4.86.